The summed E-state index contributed by atoms with van der Waals surface area (Å²) in [4.78, 5) is 18.1. The van der Waals surface area contributed by atoms with Crippen molar-refractivity contribution in [3.05, 3.63) is 65.6 Å². The standard InChI is InChI=1S/C22H22N6O/c1-3-27-12-11-19(26-27)24-22(29)17-13-18(15-9-10-15)23-21-20(17)14(2)25-28(21)16-7-5-4-6-8-16/h4-8,11-13,15H,3,9-10H2,1-2H3,(H,24,26,29). The number of anilines is 1. The number of pyridine rings is 1. The second-order valence-corrected chi connectivity index (χ2v) is 7.41. The first-order valence-electron chi connectivity index (χ1n) is 9.94. The molecule has 4 aromatic rings. The molecule has 3 aromatic heterocycles. The summed E-state index contributed by atoms with van der Waals surface area (Å²) in [5, 5.41) is 12.8. The van der Waals surface area contributed by atoms with Gasteiger partial charge in [-0.05, 0) is 44.9 Å². The molecule has 29 heavy (non-hydrogen) atoms. The lowest BCUT2D eigenvalue weighted by atomic mass is 10.1. The first-order valence-corrected chi connectivity index (χ1v) is 9.94. The van der Waals surface area contributed by atoms with Gasteiger partial charge in [0, 0.05) is 30.4 Å². The molecule has 3 heterocycles. The lowest BCUT2D eigenvalue weighted by Gasteiger charge is -2.08. The number of nitrogens with one attached hydrogen (secondary N) is 1. The van der Waals surface area contributed by atoms with Gasteiger partial charge >= 0.3 is 0 Å². The van der Waals surface area contributed by atoms with Crippen molar-refractivity contribution in [3.63, 3.8) is 0 Å². The minimum atomic E-state index is -0.184. The zero-order valence-electron chi connectivity index (χ0n) is 16.5. The second kappa shape index (κ2) is 6.84. The zero-order valence-corrected chi connectivity index (χ0v) is 16.5. The number of amides is 1. The van der Waals surface area contributed by atoms with Crippen LogP contribution in [0.5, 0.6) is 0 Å². The maximum atomic E-state index is 13.2. The van der Waals surface area contributed by atoms with E-state index in [9.17, 15) is 4.79 Å². The van der Waals surface area contributed by atoms with Crippen LogP contribution in [0.4, 0.5) is 5.82 Å². The summed E-state index contributed by atoms with van der Waals surface area (Å²) in [6, 6.07) is 13.6. The molecule has 1 aliphatic rings. The van der Waals surface area contributed by atoms with Gasteiger partial charge in [-0.3, -0.25) is 9.48 Å². The zero-order chi connectivity index (χ0) is 20.0. The molecule has 1 saturated carbocycles. The number of carbonyl (C=O) groups is 1. The van der Waals surface area contributed by atoms with Crippen LogP contribution in [0.15, 0.2) is 48.7 Å². The van der Waals surface area contributed by atoms with Gasteiger partial charge in [0.05, 0.1) is 22.3 Å². The topological polar surface area (TPSA) is 77.6 Å². The molecule has 0 unspecified atom stereocenters. The fraction of sp³-hybridized carbons (Fsp3) is 0.273. The highest BCUT2D eigenvalue weighted by atomic mass is 16.1. The summed E-state index contributed by atoms with van der Waals surface area (Å²) in [5.74, 6) is 0.781. The van der Waals surface area contributed by atoms with Crippen LogP contribution < -0.4 is 5.32 Å². The van der Waals surface area contributed by atoms with E-state index in [1.807, 2.05) is 67.2 Å². The number of nitrogens with zero attached hydrogens (tertiary/aromatic N) is 5. The van der Waals surface area contributed by atoms with Crippen LogP contribution in [-0.4, -0.2) is 30.5 Å². The van der Waals surface area contributed by atoms with Crippen molar-refractivity contribution in [2.75, 3.05) is 5.32 Å². The van der Waals surface area contributed by atoms with Gasteiger partial charge in [0.25, 0.3) is 5.91 Å². The van der Waals surface area contributed by atoms with E-state index in [0.717, 1.165) is 47.5 Å². The van der Waals surface area contributed by atoms with E-state index in [2.05, 4.69) is 10.4 Å². The second-order valence-electron chi connectivity index (χ2n) is 7.41. The van der Waals surface area contributed by atoms with Crippen LogP contribution >= 0.6 is 0 Å². The van der Waals surface area contributed by atoms with Crippen molar-refractivity contribution >= 4 is 22.8 Å². The number of rotatable bonds is 5. The number of fused-ring (bicyclic) bond motifs is 1. The van der Waals surface area contributed by atoms with Crippen LogP contribution in [0.1, 0.15) is 47.4 Å². The van der Waals surface area contributed by atoms with Crippen LogP contribution in [0.3, 0.4) is 0 Å². The molecule has 7 nitrogen and oxygen atoms in total. The normalized spacial score (nSPS) is 13.7. The van der Waals surface area contributed by atoms with Gasteiger partial charge < -0.3 is 5.32 Å². The maximum absolute atomic E-state index is 13.2. The Morgan fingerprint density at radius 1 is 1.17 bits per heavy atom. The summed E-state index contributed by atoms with van der Waals surface area (Å²) < 4.78 is 3.62. The Hall–Kier alpha value is -3.48. The fourth-order valence-electron chi connectivity index (χ4n) is 3.61. The van der Waals surface area contributed by atoms with Gasteiger partial charge in [-0.2, -0.15) is 10.2 Å². The third kappa shape index (κ3) is 3.18. The first-order chi connectivity index (χ1) is 14.1. The maximum Gasteiger partial charge on any atom is 0.257 e. The lowest BCUT2D eigenvalue weighted by molar-refractivity contribution is 0.102. The van der Waals surface area contributed by atoms with E-state index in [1.54, 1.807) is 4.68 Å². The molecule has 0 bridgehead atoms. The smallest absolute Gasteiger partial charge is 0.257 e. The van der Waals surface area contributed by atoms with Crippen LogP contribution in [0.2, 0.25) is 0 Å². The SMILES string of the molecule is CCn1ccc(NC(=O)c2cc(C3CC3)nc3c2c(C)nn3-c2ccccc2)n1. The first kappa shape index (κ1) is 17.6. The molecule has 1 aromatic carbocycles. The summed E-state index contributed by atoms with van der Waals surface area (Å²) in [6.45, 7) is 4.68. The number of hydrogen-bond acceptors (Lipinski definition) is 4. The Kier molecular flexibility index (Phi) is 4.16. The minimum Gasteiger partial charge on any atom is -0.305 e. The average Bonchev–Trinajstić information content (AvgIpc) is 3.42. The predicted octanol–water partition coefficient (Wildman–Crippen LogP) is 4.08. The summed E-state index contributed by atoms with van der Waals surface area (Å²) in [7, 11) is 0. The number of aromatic nitrogens is 5. The van der Waals surface area contributed by atoms with E-state index in [4.69, 9.17) is 10.1 Å². The van der Waals surface area contributed by atoms with Crippen molar-refractivity contribution in [3.8, 4) is 5.69 Å². The molecule has 5 rings (SSSR count). The van der Waals surface area contributed by atoms with Crippen LogP contribution in [-0.2, 0) is 6.54 Å². The molecule has 7 heteroatoms. The predicted molar refractivity (Wildman–Crippen MR) is 111 cm³/mol. The number of benzene rings is 1. The third-order valence-electron chi connectivity index (χ3n) is 5.28. The summed E-state index contributed by atoms with van der Waals surface area (Å²) in [6.07, 6.45) is 4.07. The Morgan fingerprint density at radius 3 is 2.66 bits per heavy atom. The molecule has 146 valence electrons. The van der Waals surface area contributed by atoms with Crippen molar-refractivity contribution in [1.82, 2.24) is 24.5 Å². The number of hydrogen-bond donors (Lipinski definition) is 1. The van der Waals surface area contributed by atoms with Gasteiger partial charge in [0.15, 0.2) is 11.5 Å². The van der Waals surface area contributed by atoms with Gasteiger partial charge in [0.2, 0.25) is 0 Å². The average molecular weight is 386 g/mol. The van der Waals surface area contributed by atoms with Crippen LogP contribution in [0.25, 0.3) is 16.7 Å². The monoisotopic (exact) mass is 386 g/mol. The van der Waals surface area contributed by atoms with Gasteiger partial charge in [-0.25, -0.2) is 9.67 Å². The fourth-order valence-corrected chi connectivity index (χ4v) is 3.61. The van der Waals surface area contributed by atoms with Crippen molar-refractivity contribution < 1.29 is 4.79 Å². The highest BCUT2D eigenvalue weighted by molar-refractivity contribution is 6.12. The summed E-state index contributed by atoms with van der Waals surface area (Å²) >= 11 is 0. The van der Waals surface area contributed by atoms with E-state index in [0.29, 0.717) is 17.3 Å². The van der Waals surface area contributed by atoms with E-state index >= 15 is 0 Å². The molecule has 0 radical (unpaired) electrons. The molecule has 1 aliphatic carbocycles. The Bertz CT molecular complexity index is 1200. The van der Waals surface area contributed by atoms with Crippen molar-refractivity contribution in [2.24, 2.45) is 0 Å². The summed E-state index contributed by atoms with van der Waals surface area (Å²) in [5.41, 5.74) is 3.99. The van der Waals surface area contributed by atoms with E-state index < -0.39 is 0 Å². The van der Waals surface area contributed by atoms with Gasteiger partial charge in [-0.1, -0.05) is 18.2 Å². The number of aryl methyl sites for hydroxylation is 2. The molecule has 1 amide bonds. The molecule has 1 fully saturated rings. The number of para-hydroxylation sites is 1. The van der Waals surface area contributed by atoms with Crippen molar-refractivity contribution in [1.29, 1.82) is 0 Å². The molecule has 0 atom stereocenters. The largest absolute Gasteiger partial charge is 0.305 e. The van der Waals surface area contributed by atoms with E-state index in [-0.39, 0.29) is 5.91 Å². The Morgan fingerprint density at radius 2 is 1.97 bits per heavy atom. The molecule has 0 aliphatic heterocycles. The quantitative estimate of drug-likeness (QED) is 0.561. The van der Waals surface area contributed by atoms with E-state index in [1.165, 1.54) is 0 Å². The van der Waals surface area contributed by atoms with Gasteiger partial charge in [-0.15, -0.1) is 0 Å². The van der Waals surface area contributed by atoms with Gasteiger partial charge in [0.1, 0.15) is 0 Å². The number of carbonyl (C=O) groups excluding carboxylic acids is 1. The molecule has 0 saturated heterocycles. The minimum absolute atomic E-state index is 0.184. The lowest BCUT2D eigenvalue weighted by Crippen LogP contribution is -2.14. The highest BCUT2D eigenvalue weighted by Gasteiger charge is 2.29. The molecule has 0 spiro atoms. The molecule has 1 N–H and O–H groups in total. The molecular formula is C22H22N6O. The van der Waals surface area contributed by atoms with Crippen LogP contribution in [0, 0.1) is 6.92 Å². The third-order valence-corrected chi connectivity index (χ3v) is 5.28. The van der Waals surface area contributed by atoms with Crippen molar-refractivity contribution in [2.45, 2.75) is 39.2 Å². The Balaban J connectivity index is 1.64. The molecular weight excluding hydrogens is 364 g/mol. The Labute approximate surface area is 168 Å². The highest BCUT2D eigenvalue weighted by Crippen LogP contribution is 2.40.